The van der Waals surface area contributed by atoms with Crippen LogP contribution in [0.4, 0.5) is 0 Å². The van der Waals surface area contributed by atoms with Crippen molar-refractivity contribution in [3.05, 3.63) is 0 Å². The first-order chi connectivity index (χ1) is 3.76. The first-order valence-corrected chi connectivity index (χ1v) is 3.06. The molecule has 0 aliphatic heterocycles. The van der Waals surface area contributed by atoms with Gasteiger partial charge in [-0.3, -0.25) is 4.79 Å². The molecular formula is C6H9NO. The number of carbonyl (C=O) groups excluding carboxylic acids is 1. The minimum atomic E-state index is -0.0613. The molecule has 2 atom stereocenters. The molecule has 0 aromatic carbocycles. The quantitative estimate of drug-likeness (QED) is 0.518. The fraction of sp³-hybridized carbons (Fsp3) is 0.833. The predicted molar refractivity (Wildman–Crippen MR) is 29.0 cm³/mol. The van der Waals surface area contributed by atoms with E-state index in [1.54, 1.807) is 0 Å². The molecule has 0 spiro atoms. The molecule has 0 heterocycles. The molecule has 2 N–H and O–H groups in total. The Balaban J connectivity index is 2.18. The Labute approximate surface area is 48.1 Å². The third kappa shape index (κ3) is 0.261. The van der Waals surface area contributed by atoms with Gasteiger partial charge in [0.1, 0.15) is 0 Å². The topological polar surface area (TPSA) is 43.1 Å². The van der Waals surface area contributed by atoms with Gasteiger partial charge in [-0.05, 0) is 25.2 Å². The van der Waals surface area contributed by atoms with Crippen LogP contribution in [0.1, 0.15) is 19.3 Å². The van der Waals surface area contributed by atoms with E-state index in [1.165, 1.54) is 6.42 Å². The fourth-order valence-corrected chi connectivity index (χ4v) is 1.71. The van der Waals surface area contributed by atoms with Gasteiger partial charge in [-0.25, -0.2) is 0 Å². The summed E-state index contributed by atoms with van der Waals surface area (Å²) < 4.78 is 0. The van der Waals surface area contributed by atoms with E-state index in [2.05, 4.69) is 0 Å². The van der Waals surface area contributed by atoms with Crippen molar-refractivity contribution in [1.29, 1.82) is 0 Å². The van der Waals surface area contributed by atoms with Crippen molar-refractivity contribution in [3.63, 3.8) is 0 Å². The maximum atomic E-state index is 10.6. The highest BCUT2D eigenvalue weighted by Gasteiger charge is 2.65. The maximum absolute atomic E-state index is 10.6. The van der Waals surface area contributed by atoms with E-state index < -0.39 is 0 Å². The van der Waals surface area contributed by atoms with Gasteiger partial charge in [0, 0.05) is 0 Å². The molecule has 44 valence electrons. The van der Waals surface area contributed by atoms with Gasteiger partial charge in [-0.15, -0.1) is 0 Å². The summed E-state index contributed by atoms with van der Waals surface area (Å²) in [5.74, 6) is 0.633. The van der Waals surface area contributed by atoms with Gasteiger partial charge in [0.05, 0.1) is 5.41 Å². The number of primary amides is 1. The van der Waals surface area contributed by atoms with Crippen LogP contribution in [0, 0.1) is 11.3 Å². The molecule has 2 saturated carbocycles. The van der Waals surface area contributed by atoms with E-state index in [0.717, 1.165) is 12.8 Å². The van der Waals surface area contributed by atoms with Gasteiger partial charge in [-0.2, -0.15) is 0 Å². The van der Waals surface area contributed by atoms with Crippen LogP contribution in [0.15, 0.2) is 0 Å². The standard InChI is InChI=1S/C6H9NO/c7-5(8)6-2-1-4(6)3-6/h4H,1-3H2,(H2,7,8). The zero-order valence-electron chi connectivity index (χ0n) is 4.68. The van der Waals surface area contributed by atoms with Crippen LogP contribution in [-0.2, 0) is 4.79 Å². The van der Waals surface area contributed by atoms with Crippen LogP contribution in [-0.4, -0.2) is 5.91 Å². The lowest BCUT2D eigenvalue weighted by Gasteiger charge is -2.20. The SMILES string of the molecule is NC(=O)C12CCC1C2. The van der Waals surface area contributed by atoms with Crippen molar-refractivity contribution >= 4 is 5.91 Å². The van der Waals surface area contributed by atoms with Crippen molar-refractivity contribution in [1.82, 2.24) is 0 Å². The highest BCUT2D eigenvalue weighted by atomic mass is 16.1. The minimum absolute atomic E-state index is 0.0278. The highest BCUT2D eigenvalue weighted by Crippen LogP contribution is 2.67. The summed E-state index contributed by atoms with van der Waals surface area (Å²) in [6, 6.07) is 0. The van der Waals surface area contributed by atoms with Crippen molar-refractivity contribution < 1.29 is 4.79 Å². The van der Waals surface area contributed by atoms with E-state index in [4.69, 9.17) is 5.73 Å². The number of nitrogens with two attached hydrogens (primary N) is 1. The fourth-order valence-electron chi connectivity index (χ4n) is 1.71. The molecule has 2 unspecified atom stereocenters. The van der Waals surface area contributed by atoms with Crippen LogP contribution < -0.4 is 5.73 Å². The van der Waals surface area contributed by atoms with E-state index in [1.807, 2.05) is 0 Å². The smallest absolute Gasteiger partial charge is 0.223 e. The molecular weight excluding hydrogens is 102 g/mol. The zero-order valence-corrected chi connectivity index (χ0v) is 4.68. The molecule has 1 amide bonds. The van der Waals surface area contributed by atoms with E-state index in [0.29, 0.717) is 5.92 Å². The largest absolute Gasteiger partial charge is 0.369 e. The summed E-state index contributed by atoms with van der Waals surface area (Å²) in [7, 11) is 0. The van der Waals surface area contributed by atoms with Gasteiger partial charge in [0.15, 0.2) is 0 Å². The Morgan fingerprint density at radius 1 is 1.75 bits per heavy atom. The molecule has 0 aromatic rings. The van der Waals surface area contributed by atoms with Crippen molar-refractivity contribution in [2.75, 3.05) is 0 Å². The summed E-state index contributed by atoms with van der Waals surface area (Å²) in [6.07, 6.45) is 3.39. The number of amides is 1. The minimum Gasteiger partial charge on any atom is -0.369 e. The number of hydrogen-bond acceptors (Lipinski definition) is 1. The average Bonchev–Trinajstić information content (AvgIpc) is 2.10. The third-order valence-corrected chi connectivity index (χ3v) is 2.66. The van der Waals surface area contributed by atoms with E-state index in [-0.39, 0.29) is 11.3 Å². The lowest BCUT2D eigenvalue weighted by atomic mass is 9.84. The average molecular weight is 111 g/mol. The molecule has 2 aliphatic rings. The summed E-state index contributed by atoms with van der Waals surface area (Å²) in [4.78, 5) is 10.6. The number of rotatable bonds is 1. The van der Waals surface area contributed by atoms with Crippen LogP contribution >= 0.6 is 0 Å². The van der Waals surface area contributed by atoms with E-state index in [9.17, 15) is 4.79 Å². The summed E-state index contributed by atoms with van der Waals surface area (Å²) in [5.41, 5.74) is 5.16. The Morgan fingerprint density at radius 3 is 2.50 bits per heavy atom. The van der Waals surface area contributed by atoms with Gasteiger partial charge in [-0.1, -0.05) is 0 Å². The van der Waals surface area contributed by atoms with Gasteiger partial charge in [0.2, 0.25) is 5.91 Å². The number of carbonyl (C=O) groups is 1. The van der Waals surface area contributed by atoms with Crippen molar-refractivity contribution in [2.24, 2.45) is 17.1 Å². The van der Waals surface area contributed by atoms with Crippen LogP contribution in [0.5, 0.6) is 0 Å². The van der Waals surface area contributed by atoms with Gasteiger partial charge >= 0.3 is 0 Å². The second kappa shape index (κ2) is 0.925. The molecule has 0 radical (unpaired) electrons. The molecule has 2 aliphatic carbocycles. The first-order valence-electron chi connectivity index (χ1n) is 3.06. The molecule has 2 nitrogen and oxygen atoms in total. The van der Waals surface area contributed by atoms with Crippen LogP contribution in [0.3, 0.4) is 0 Å². The Hall–Kier alpha value is -0.530. The van der Waals surface area contributed by atoms with Crippen LogP contribution in [0.25, 0.3) is 0 Å². The lowest BCUT2D eigenvalue weighted by Crippen LogP contribution is -2.31. The van der Waals surface area contributed by atoms with Crippen LogP contribution in [0.2, 0.25) is 0 Å². The second-order valence-corrected chi connectivity index (χ2v) is 2.96. The second-order valence-electron chi connectivity index (χ2n) is 2.96. The van der Waals surface area contributed by atoms with Gasteiger partial charge in [0.25, 0.3) is 0 Å². The lowest BCUT2D eigenvalue weighted by molar-refractivity contribution is -0.125. The molecule has 0 saturated heterocycles. The maximum Gasteiger partial charge on any atom is 0.223 e. The molecule has 0 aromatic heterocycles. The molecule has 2 rings (SSSR count). The van der Waals surface area contributed by atoms with Crippen molar-refractivity contribution in [2.45, 2.75) is 19.3 Å². The van der Waals surface area contributed by atoms with Gasteiger partial charge < -0.3 is 5.73 Å². The summed E-state index contributed by atoms with van der Waals surface area (Å²) in [5, 5.41) is 0. The molecule has 8 heavy (non-hydrogen) atoms. The Kier molecular flexibility index (Phi) is 0.504. The number of fused-ring (bicyclic) bond motifs is 1. The summed E-state index contributed by atoms with van der Waals surface area (Å²) in [6.45, 7) is 0. The predicted octanol–water partition coefficient (Wildman–Crippen LogP) is 0.272. The Morgan fingerprint density at radius 2 is 2.50 bits per heavy atom. The zero-order chi connectivity index (χ0) is 5.78. The third-order valence-electron chi connectivity index (χ3n) is 2.66. The first kappa shape index (κ1) is 4.36. The molecule has 2 fully saturated rings. The highest BCUT2D eigenvalue weighted by molar-refractivity contribution is 5.85. The molecule has 0 bridgehead atoms. The summed E-state index contributed by atoms with van der Waals surface area (Å²) >= 11 is 0. The molecule has 2 heteroatoms. The van der Waals surface area contributed by atoms with Crippen molar-refractivity contribution in [3.8, 4) is 0 Å². The van der Waals surface area contributed by atoms with E-state index >= 15 is 0 Å². The Bertz CT molecular complexity index is 151. The number of hydrogen-bond donors (Lipinski definition) is 1. The normalized spacial score (nSPS) is 49.2. The monoisotopic (exact) mass is 111 g/mol.